The summed E-state index contributed by atoms with van der Waals surface area (Å²) in [6.45, 7) is 9.39. The Morgan fingerprint density at radius 2 is 0.430 bits per heavy atom. The Bertz CT molecular complexity index is 7530. The molecule has 0 spiro atoms. The van der Waals surface area contributed by atoms with E-state index in [0.717, 1.165) is 90.5 Å². The number of ether oxygens (including phenoxy) is 4. The van der Waals surface area contributed by atoms with E-state index in [2.05, 4.69) is 438 Å². The lowest BCUT2D eigenvalue weighted by Gasteiger charge is -2.34. The van der Waals surface area contributed by atoms with Crippen molar-refractivity contribution in [2.24, 2.45) is 0 Å². The van der Waals surface area contributed by atoms with Crippen molar-refractivity contribution < 1.29 is 18.9 Å². The van der Waals surface area contributed by atoms with E-state index in [4.69, 9.17) is 18.9 Å². The molecule has 0 bridgehead atoms. The van der Waals surface area contributed by atoms with Crippen LogP contribution in [-0.4, -0.2) is 0 Å². The summed E-state index contributed by atoms with van der Waals surface area (Å²) in [6, 6.07) is 162. The third-order valence-electron chi connectivity index (χ3n) is 27.7. The summed E-state index contributed by atoms with van der Waals surface area (Å²) >= 11 is 0. The highest BCUT2D eigenvalue weighted by molar-refractivity contribution is 5.94. The van der Waals surface area contributed by atoms with E-state index in [0.29, 0.717) is 23.0 Å². The van der Waals surface area contributed by atoms with Crippen LogP contribution < -0.4 is 28.7 Å². The van der Waals surface area contributed by atoms with Gasteiger partial charge in [-0.15, -0.1) is 0 Å². The van der Waals surface area contributed by atoms with Crippen LogP contribution in [0.5, 0.6) is 46.0 Å². The molecule has 2 aliphatic heterocycles. The summed E-state index contributed by atoms with van der Waals surface area (Å²) in [5.41, 5.74) is 37.7. The highest BCUT2D eigenvalue weighted by Crippen LogP contribution is 2.62. The summed E-state index contributed by atoms with van der Waals surface area (Å²) in [6.07, 6.45) is 0. The zero-order valence-electron chi connectivity index (χ0n) is 71.3. The van der Waals surface area contributed by atoms with E-state index in [9.17, 15) is 0 Å². The standard InChI is InChI=1S/C64H45NO2.C58H41NO2/c1-63(2)54-22-10-6-19-50(54)53-38-37-48(41-57(53)63)65(58-25-13-9-18-49(58)44-16-4-3-5-17-44)47-35-30-43(31-36-47)42-28-32-45(33-29-42)64(55-23-11-7-20-51(55)52-21-8-12-24-56(52)64)46-34-39-61-62(40-46)67-60-27-15-14-26-59(60)66-61;1-57(2)49-19-9-6-16-45(49)48-34-33-44(37-52(48)57)59(42-14-4-3-5-15-42)43-31-26-39(27-32-43)38-24-28-40(29-25-38)58(50-20-10-7-17-46(50)47-18-8-11-21-51(47)58)41-30-35-55-56(36-41)61-54-23-13-12-22-53(54)60-55/h3-41H,1-2H3;3-37H,1-2H3. The fourth-order valence-electron chi connectivity index (χ4n) is 21.6. The molecule has 0 saturated carbocycles. The van der Waals surface area contributed by atoms with E-state index in [1.807, 2.05) is 48.5 Å². The first kappa shape index (κ1) is 75.7. The molecule has 2 heterocycles. The Hall–Kier alpha value is -16.0. The number of para-hydroxylation sites is 6. The zero-order valence-corrected chi connectivity index (χ0v) is 71.3. The third-order valence-corrected chi connectivity index (χ3v) is 27.7. The lowest BCUT2D eigenvalue weighted by molar-refractivity contribution is 0.359. The molecule has 0 atom stereocenters. The molecule has 4 aliphatic carbocycles. The van der Waals surface area contributed by atoms with Crippen molar-refractivity contribution in [3.05, 3.63) is 516 Å². The second-order valence-corrected chi connectivity index (χ2v) is 35.2. The number of hydrogen-bond acceptors (Lipinski definition) is 6. The lowest BCUT2D eigenvalue weighted by Crippen LogP contribution is -2.28. The van der Waals surface area contributed by atoms with Crippen LogP contribution in [0.3, 0.4) is 0 Å². The first-order chi connectivity index (χ1) is 62.9. The number of nitrogens with zero attached hydrogens (tertiary/aromatic N) is 2. The summed E-state index contributed by atoms with van der Waals surface area (Å²) in [5.74, 6) is 5.74. The predicted molar refractivity (Wildman–Crippen MR) is 521 cm³/mol. The van der Waals surface area contributed by atoms with Gasteiger partial charge in [-0.1, -0.05) is 361 Å². The largest absolute Gasteiger partial charge is 0.450 e. The second kappa shape index (κ2) is 29.9. The van der Waals surface area contributed by atoms with E-state index >= 15 is 0 Å². The van der Waals surface area contributed by atoms with E-state index in [1.54, 1.807) is 0 Å². The summed E-state index contributed by atoms with van der Waals surface area (Å²) in [7, 11) is 0. The molecule has 128 heavy (non-hydrogen) atoms. The van der Waals surface area contributed by atoms with Gasteiger partial charge >= 0.3 is 0 Å². The molecule has 0 aromatic heterocycles. The van der Waals surface area contributed by atoms with Crippen molar-refractivity contribution >= 4 is 34.1 Å². The quantitative estimate of drug-likeness (QED) is 0.115. The maximum atomic E-state index is 6.54. The molecular weight excluding hydrogens is 1560 g/mol. The van der Waals surface area contributed by atoms with Crippen LogP contribution in [0.1, 0.15) is 94.5 Å². The molecule has 6 nitrogen and oxygen atoms in total. The smallest absolute Gasteiger partial charge is 0.170 e. The van der Waals surface area contributed by atoms with Crippen molar-refractivity contribution in [1.29, 1.82) is 0 Å². The monoisotopic (exact) mass is 1640 g/mol. The molecule has 0 radical (unpaired) electrons. The van der Waals surface area contributed by atoms with Crippen LogP contribution >= 0.6 is 0 Å². The van der Waals surface area contributed by atoms with Gasteiger partial charge in [0.2, 0.25) is 0 Å². The first-order valence-corrected chi connectivity index (χ1v) is 44.2. The number of rotatable bonds is 13. The Morgan fingerprint density at radius 1 is 0.164 bits per heavy atom. The van der Waals surface area contributed by atoms with Gasteiger partial charge in [0.1, 0.15) is 0 Å². The highest BCUT2D eigenvalue weighted by atomic mass is 16.6. The normalized spacial score (nSPS) is 14.1. The van der Waals surface area contributed by atoms with Crippen LogP contribution in [0.2, 0.25) is 0 Å². The van der Waals surface area contributed by atoms with E-state index in [-0.39, 0.29) is 10.8 Å². The van der Waals surface area contributed by atoms with Crippen LogP contribution in [-0.2, 0) is 21.7 Å². The average Bonchev–Trinajstić information content (AvgIpc) is 1.53. The summed E-state index contributed by atoms with van der Waals surface area (Å²) < 4.78 is 25.7. The molecule has 6 aliphatic rings. The SMILES string of the molecule is CC1(C)c2ccccc2-c2ccc(N(c3ccc(-c4ccc(C5(c6ccc7c(c6)Oc6ccccc6O7)c6ccccc6-c6ccccc65)cc4)cc3)c3ccccc3-c3ccccc3)cc21.CC1(C)c2ccccc2-c2ccc(N(c3ccccc3)c3ccc(-c4ccc(C5(c6ccc7c(c6)Oc6ccccc6O7)c6ccccc6-c6ccccc65)cc4)cc3)cc21. The van der Waals surface area contributed by atoms with Crippen molar-refractivity contribution in [2.75, 3.05) is 9.80 Å². The molecule has 19 aromatic rings. The molecule has 25 rings (SSSR count). The summed E-state index contributed by atoms with van der Waals surface area (Å²) in [4.78, 5) is 4.80. The molecule has 0 saturated heterocycles. The molecular formula is C122H86N2O4. The maximum absolute atomic E-state index is 6.54. The van der Waals surface area contributed by atoms with Crippen molar-refractivity contribution in [3.63, 3.8) is 0 Å². The van der Waals surface area contributed by atoms with Crippen LogP contribution in [0.25, 0.3) is 77.9 Å². The Balaban J connectivity index is 0.000000143. The molecule has 608 valence electrons. The van der Waals surface area contributed by atoms with Gasteiger partial charge in [0.15, 0.2) is 46.0 Å². The molecule has 0 amide bonds. The Morgan fingerprint density at radius 3 is 0.828 bits per heavy atom. The van der Waals surface area contributed by atoms with Crippen molar-refractivity contribution in [2.45, 2.75) is 49.4 Å². The number of benzene rings is 19. The maximum Gasteiger partial charge on any atom is 0.170 e. The topological polar surface area (TPSA) is 43.4 Å². The predicted octanol–water partition coefficient (Wildman–Crippen LogP) is 32.4. The van der Waals surface area contributed by atoms with Gasteiger partial charge in [0.05, 0.1) is 16.5 Å². The van der Waals surface area contributed by atoms with E-state index in [1.165, 1.54) is 111 Å². The third kappa shape index (κ3) is 11.9. The van der Waals surface area contributed by atoms with Gasteiger partial charge in [-0.3, -0.25) is 0 Å². The minimum atomic E-state index is -0.594. The Kier molecular flexibility index (Phi) is 17.7. The fourth-order valence-corrected chi connectivity index (χ4v) is 21.6. The van der Waals surface area contributed by atoms with Gasteiger partial charge in [0, 0.05) is 44.8 Å². The minimum absolute atomic E-state index is 0.0874. The van der Waals surface area contributed by atoms with Gasteiger partial charge < -0.3 is 28.7 Å². The fraction of sp³-hybridized carbons (Fsp3) is 0.0656. The molecule has 19 aromatic carbocycles. The van der Waals surface area contributed by atoms with Crippen LogP contribution in [0.4, 0.5) is 34.1 Å². The van der Waals surface area contributed by atoms with Gasteiger partial charge in [-0.2, -0.15) is 0 Å². The van der Waals surface area contributed by atoms with Crippen LogP contribution in [0, 0.1) is 0 Å². The number of hydrogen-bond donors (Lipinski definition) is 0. The van der Waals surface area contributed by atoms with Gasteiger partial charge in [-0.25, -0.2) is 0 Å². The van der Waals surface area contributed by atoms with Crippen molar-refractivity contribution in [3.8, 4) is 124 Å². The number of fused-ring (bicyclic) bond motifs is 16. The molecule has 6 heteroatoms. The average molecular weight is 1640 g/mol. The van der Waals surface area contributed by atoms with Crippen LogP contribution in [0.15, 0.2) is 449 Å². The Labute approximate surface area is 746 Å². The second-order valence-electron chi connectivity index (χ2n) is 35.2. The first-order valence-electron chi connectivity index (χ1n) is 44.2. The highest BCUT2D eigenvalue weighted by Gasteiger charge is 2.49. The lowest BCUT2D eigenvalue weighted by atomic mass is 9.67. The molecule has 0 unspecified atom stereocenters. The van der Waals surface area contributed by atoms with Gasteiger partial charge in [0.25, 0.3) is 0 Å². The summed E-state index contributed by atoms with van der Waals surface area (Å²) in [5, 5.41) is 0. The minimum Gasteiger partial charge on any atom is -0.450 e. The molecule has 0 N–H and O–H groups in total. The molecule has 0 fully saturated rings. The van der Waals surface area contributed by atoms with Crippen molar-refractivity contribution in [1.82, 2.24) is 0 Å². The van der Waals surface area contributed by atoms with E-state index < -0.39 is 10.8 Å². The zero-order chi connectivity index (χ0) is 85.4. The number of anilines is 6. The van der Waals surface area contributed by atoms with Gasteiger partial charge in [-0.05, 0) is 254 Å².